The van der Waals surface area contributed by atoms with Crippen molar-refractivity contribution in [2.24, 2.45) is 0 Å². The molecule has 0 aliphatic carbocycles. The maximum absolute atomic E-state index is 11.4. The number of esters is 1. The fourth-order valence-corrected chi connectivity index (χ4v) is 1.40. The van der Waals surface area contributed by atoms with E-state index in [4.69, 9.17) is 16.3 Å². The SMILES string of the molecule is CCOC(=O)c1ccn(-c2ccc(Cl)nc2)n1. The first-order valence-electron chi connectivity index (χ1n) is 5.05. The minimum atomic E-state index is -0.437. The molecule has 0 spiro atoms. The van der Waals surface area contributed by atoms with Gasteiger partial charge in [-0.2, -0.15) is 5.10 Å². The topological polar surface area (TPSA) is 57.0 Å². The first kappa shape index (κ1) is 11.6. The van der Waals surface area contributed by atoms with Crippen molar-refractivity contribution in [3.63, 3.8) is 0 Å². The van der Waals surface area contributed by atoms with Crippen molar-refractivity contribution < 1.29 is 9.53 Å². The van der Waals surface area contributed by atoms with Crippen LogP contribution in [0.15, 0.2) is 30.6 Å². The number of nitrogens with zero attached hydrogens (tertiary/aromatic N) is 3. The van der Waals surface area contributed by atoms with Gasteiger partial charge < -0.3 is 4.74 Å². The van der Waals surface area contributed by atoms with E-state index in [1.165, 1.54) is 4.68 Å². The second-order valence-electron chi connectivity index (χ2n) is 3.21. The number of halogens is 1. The smallest absolute Gasteiger partial charge is 0.358 e. The van der Waals surface area contributed by atoms with E-state index >= 15 is 0 Å². The Morgan fingerprint density at radius 2 is 2.29 bits per heavy atom. The maximum atomic E-state index is 11.4. The van der Waals surface area contributed by atoms with Crippen LogP contribution < -0.4 is 0 Å². The molecule has 2 rings (SSSR count). The summed E-state index contributed by atoms with van der Waals surface area (Å²) in [6, 6.07) is 5.01. The van der Waals surface area contributed by atoms with Gasteiger partial charge in [0.1, 0.15) is 5.15 Å². The highest BCUT2D eigenvalue weighted by atomic mass is 35.5. The average molecular weight is 252 g/mol. The van der Waals surface area contributed by atoms with Crippen LogP contribution >= 0.6 is 11.6 Å². The van der Waals surface area contributed by atoms with Gasteiger partial charge in [-0.05, 0) is 25.1 Å². The van der Waals surface area contributed by atoms with E-state index in [1.807, 2.05) is 0 Å². The largest absolute Gasteiger partial charge is 0.461 e. The molecule has 0 saturated heterocycles. The third kappa shape index (κ3) is 2.62. The van der Waals surface area contributed by atoms with Crippen molar-refractivity contribution in [1.29, 1.82) is 0 Å². The number of aromatic nitrogens is 3. The lowest BCUT2D eigenvalue weighted by molar-refractivity contribution is 0.0519. The zero-order valence-corrected chi connectivity index (χ0v) is 9.89. The standard InChI is InChI=1S/C11H10ClN3O2/c1-2-17-11(16)9-5-6-15(14-9)8-3-4-10(12)13-7-8/h3-7H,2H2,1H3. The lowest BCUT2D eigenvalue weighted by Gasteiger charge is -2.00. The summed E-state index contributed by atoms with van der Waals surface area (Å²) in [5, 5.41) is 4.50. The minimum Gasteiger partial charge on any atom is -0.461 e. The van der Waals surface area contributed by atoms with E-state index in [0.29, 0.717) is 11.8 Å². The molecule has 88 valence electrons. The third-order valence-electron chi connectivity index (χ3n) is 2.05. The van der Waals surface area contributed by atoms with E-state index in [1.54, 1.807) is 37.5 Å². The first-order chi connectivity index (χ1) is 8.20. The van der Waals surface area contributed by atoms with Crippen LogP contribution in [0.25, 0.3) is 5.69 Å². The van der Waals surface area contributed by atoms with Crippen molar-refractivity contribution >= 4 is 17.6 Å². The predicted octanol–water partition coefficient (Wildman–Crippen LogP) is 2.10. The predicted molar refractivity (Wildman–Crippen MR) is 62.3 cm³/mol. The van der Waals surface area contributed by atoms with Gasteiger partial charge >= 0.3 is 5.97 Å². The number of carbonyl (C=O) groups excluding carboxylic acids is 1. The summed E-state index contributed by atoms with van der Waals surface area (Å²) in [4.78, 5) is 15.3. The van der Waals surface area contributed by atoms with Gasteiger partial charge in [-0.3, -0.25) is 0 Å². The van der Waals surface area contributed by atoms with Crippen molar-refractivity contribution in [2.45, 2.75) is 6.92 Å². The van der Waals surface area contributed by atoms with Crippen LogP contribution in [-0.2, 0) is 4.74 Å². The van der Waals surface area contributed by atoms with Crippen LogP contribution in [0.4, 0.5) is 0 Å². The monoisotopic (exact) mass is 251 g/mol. The Balaban J connectivity index is 2.23. The van der Waals surface area contributed by atoms with Crippen molar-refractivity contribution in [3.8, 4) is 5.69 Å². The Kier molecular flexibility index (Phi) is 3.39. The molecule has 2 aromatic rings. The first-order valence-corrected chi connectivity index (χ1v) is 5.43. The van der Waals surface area contributed by atoms with Crippen LogP contribution in [0.5, 0.6) is 0 Å². The Morgan fingerprint density at radius 3 is 2.94 bits per heavy atom. The van der Waals surface area contributed by atoms with Gasteiger partial charge in [-0.25, -0.2) is 14.5 Å². The summed E-state index contributed by atoms with van der Waals surface area (Å²) >= 11 is 5.68. The zero-order chi connectivity index (χ0) is 12.3. The Bertz CT molecular complexity index is 522. The molecule has 0 unspecified atom stereocenters. The summed E-state index contributed by atoms with van der Waals surface area (Å²) < 4.78 is 6.38. The van der Waals surface area contributed by atoms with Gasteiger partial charge in [0.15, 0.2) is 5.69 Å². The molecular weight excluding hydrogens is 242 g/mol. The number of pyridine rings is 1. The molecule has 0 bridgehead atoms. The van der Waals surface area contributed by atoms with Gasteiger partial charge in [-0.15, -0.1) is 0 Å². The van der Waals surface area contributed by atoms with Gasteiger partial charge in [0, 0.05) is 6.20 Å². The highest BCUT2D eigenvalue weighted by Crippen LogP contribution is 2.10. The summed E-state index contributed by atoms with van der Waals surface area (Å²) in [5.74, 6) is -0.437. The molecular formula is C11H10ClN3O2. The fraction of sp³-hybridized carbons (Fsp3) is 0.182. The van der Waals surface area contributed by atoms with Crippen molar-refractivity contribution in [2.75, 3.05) is 6.61 Å². The van der Waals surface area contributed by atoms with Crippen LogP contribution in [0.3, 0.4) is 0 Å². The molecule has 0 saturated carbocycles. The quantitative estimate of drug-likeness (QED) is 0.619. The van der Waals surface area contributed by atoms with E-state index in [2.05, 4.69) is 10.1 Å². The molecule has 17 heavy (non-hydrogen) atoms. The van der Waals surface area contributed by atoms with Crippen LogP contribution in [0.2, 0.25) is 5.15 Å². The summed E-state index contributed by atoms with van der Waals surface area (Å²) in [6.45, 7) is 2.08. The average Bonchev–Trinajstić information content (AvgIpc) is 2.80. The molecule has 0 aromatic carbocycles. The molecule has 6 heteroatoms. The molecule has 0 N–H and O–H groups in total. The zero-order valence-electron chi connectivity index (χ0n) is 9.13. The Hall–Kier alpha value is -1.88. The third-order valence-corrected chi connectivity index (χ3v) is 2.27. The molecule has 0 fully saturated rings. The van der Waals surface area contributed by atoms with E-state index in [9.17, 15) is 4.79 Å². The minimum absolute atomic E-state index is 0.266. The van der Waals surface area contributed by atoms with Gasteiger partial charge in [0.05, 0.1) is 18.5 Å². The van der Waals surface area contributed by atoms with Crippen LogP contribution in [-0.4, -0.2) is 27.3 Å². The molecule has 0 atom stereocenters. The summed E-state index contributed by atoms with van der Waals surface area (Å²) in [7, 11) is 0. The lowest BCUT2D eigenvalue weighted by atomic mass is 10.4. The number of ether oxygens (including phenoxy) is 1. The van der Waals surface area contributed by atoms with Gasteiger partial charge in [-0.1, -0.05) is 11.6 Å². The molecule has 0 radical (unpaired) electrons. The van der Waals surface area contributed by atoms with Crippen molar-refractivity contribution in [1.82, 2.24) is 14.8 Å². The highest BCUT2D eigenvalue weighted by molar-refractivity contribution is 6.29. The Morgan fingerprint density at radius 1 is 1.47 bits per heavy atom. The molecule has 0 aliphatic rings. The summed E-state index contributed by atoms with van der Waals surface area (Å²) in [6.07, 6.45) is 3.24. The van der Waals surface area contributed by atoms with E-state index in [0.717, 1.165) is 5.69 Å². The van der Waals surface area contributed by atoms with Gasteiger partial charge in [0.25, 0.3) is 0 Å². The number of rotatable bonds is 3. The molecule has 5 nitrogen and oxygen atoms in total. The second kappa shape index (κ2) is 4.97. The molecule has 0 amide bonds. The van der Waals surface area contributed by atoms with E-state index in [-0.39, 0.29) is 5.69 Å². The second-order valence-corrected chi connectivity index (χ2v) is 3.59. The van der Waals surface area contributed by atoms with Gasteiger partial charge in [0.2, 0.25) is 0 Å². The maximum Gasteiger partial charge on any atom is 0.358 e. The van der Waals surface area contributed by atoms with E-state index < -0.39 is 5.97 Å². The molecule has 0 aliphatic heterocycles. The van der Waals surface area contributed by atoms with Crippen LogP contribution in [0.1, 0.15) is 17.4 Å². The van der Waals surface area contributed by atoms with Crippen molar-refractivity contribution in [3.05, 3.63) is 41.4 Å². The fourth-order valence-electron chi connectivity index (χ4n) is 1.29. The number of hydrogen-bond acceptors (Lipinski definition) is 4. The highest BCUT2D eigenvalue weighted by Gasteiger charge is 2.10. The normalized spacial score (nSPS) is 10.2. The number of hydrogen-bond donors (Lipinski definition) is 0. The molecule has 2 heterocycles. The summed E-state index contributed by atoms with van der Waals surface area (Å²) in [5.41, 5.74) is 0.992. The lowest BCUT2D eigenvalue weighted by Crippen LogP contribution is -2.06. The Labute approximate surface area is 103 Å². The molecule has 2 aromatic heterocycles. The van der Waals surface area contributed by atoms with Crippen LogP contribution in [0, 0.1) is 0 Å². The number of carbonyl (C=O) groups is 1.